The molecule has 4 nitrogen and oxygen atoms in total. The highest BCUT2D eigenvalue weighted by Gasteiger charge is 2.04. The molecule has 0 fully saturated rings. The summed E-state index contributed by atoms with van der Waals surface area (Å²) in [6.45, 7) is 2.75. The third-order valence-corrected chi connectivity index (χ3v) is 2.29. The van der Waals surface area contributed by atoms with Crippen LogP contribution in [0.2, 0.25) is 0 Å². The lowest BCUT2D eigenvalue weighted by molar-refractivity contribution is -0.120. The molecule has 4 heteroatoms. The molecule has 1 atom stereocenters. The van der Waals surface area contributed by atoms with Crippen molar-refractivity contribution in [3.63, 3.8) is 0 Å². The predicted molar refractivity (Wildman–Crippen MR) is 59.3 cm³/mol. The minimum absolute atomic E-state index is 0.0597. The normalized spacial score (nSPS) is 12.1. The quantitative estimate of drug-likeness (QED) is 0.753. The lowest BCUT2D eigenvalue weighted by Gasteiger charge is -2.13. The highest BCUT2D eigenvalue weighted by Crippen LogP contribution is 2.09. The van der Waals surface area contributed by atoms with Crippen LogP contribution in [0.1, 0.15) is 24.9 Å². The van der Waals surface area contributed by atoms with Gasteiger partial charge in [0.1, 0.15) is 0 Å². The average molecular weight is 207 g/mol. The fourth-order valence-electron chi connectivity index (χ4n) is 1.30. The molecule has 0 spiro atoms. The minimum atomic E-state index is 0.0597. The van der Waals surface area contributed by atoms with Gasteiger partial charge in [0, 0.05) is 38.4 Å². The van der Waals surface area contributed by atoms with Crippen molar-refractivity contribution in [1.82, 2.24) is 15.6 Å². The van der Waals surface area contributed by atoms with E-state index in [1.807, 2.05) is 12.1 Å². The molecule has 0 saturated carbocycles. The van der Waals surface area contributed by atoms with E-state index in [0.29, 0.717) is 13.0 Å². The lowest BCUT2D eigenvalue weighted by Crippen LogP contribution is -2.26. The Bertz CT molecular complexity index is 300. The van der Waals surface area contributed by atoms with E-state index >= 15 is 0 Å². The number of pyridine rings is 1. The van der Waals surface area contributed by atoms with Gasteiger partial charge in [-0.25, -0.2) is 0 Å². The third-order valence-electron chi connectivity index (χ3n) is 2.29. The summed E-state index contributed by atoms with van der Waals surface area (Å²) in [5.41, 5.74) is 1.18. The number of aromatic nitrogens is 1. The van der Waals surface area contributed by atoms with Crippen molar-refractivity contribution in [3.05, 3.63) is 30.1 Å². The maximum Gasteiger partial charge on any atom is 0.221 e. The summed E-state index contributed by atoms with van der Waals surface area (Å²) in [5, 5.41) is 5.87. The van der Waals surface area contributed by atoms with Gasteiger partial charge in [-0.2, -0.15) is 0 Å². The van der Waals surface area contributed by atoms with E-state index in [1.165, 1.54) is 5.56 Å². The van der Waals surface area contributed by atoms with Gasteiger partial charge in [-0.15, -0.1) is 0 Å². The van der Waals surface area contributed by atoms with Crippen LogP contribution in [-0.2, 0) is 4.79 Å². The van der Waals surface area contributed by atoms with E-state index in [0.717, 1.165) is 0 Å². The molecule has 0 saturated heterocycles. The smallest absolute Gasteiger partial charge is 0.221 e. The van der Waals surface area contributed by atoms with Crippen LogP contribution in [0, 0.1) is 0 Å². The van der Waals surface area contributed by atoms with E-state index in [9.17, 15) is 4.79 Å². The summed E-state index contributed by atoms with van der Waals surface area (Å²) in [7, 11) is 1.65. The van der Waals surface area contributed by atoms with Gasteiger partial charge in [-0.05, 0) is 24.6 Å². The number of nitrogens with one attached hydrogen (secondary N) is 2. The first-order valence-electron chi connectivity index (χ1n) is 5.08. The molecule has 1 amide bonds. The van der Waals surface area contributed by atoms with Crippen molar-refractivity contribution < 1.29 is 4.79 Å². The highest BCUT2D eigenvalue weighted by molar-refractivity contribution is 5.75. The predicted octanol–water partition coefficient (Wildman–Crippen LogP) is 0.868. The topological polar surface area (TPSA) is 54.0 Å². The molecule has 1 heterocycles. The molecule has 0 aliphatic heterocycles. The molecular formula is C11H17N3O. The Labute approximate surface area is 90.1 Å². The Hall–Kier alpha value is -1.42. The Kier molecular flexibility index (Phi) is 4.77. The number of nitrogens with zero attached hydrogens (tertiary/aromatic N) is 1. The molecule has 0 aromatic carbocycles. The van der Waals surface area contributed by atoms with Crippen molar-refractivity contribution in [1.29, 1.82) is 0 Å². The molecule has 1 rings (SSSR count). The summed E-state index contributed by atoms with van der Waals surface area (Å²) < 4.78 is 0. The van der Waals surface area contributed by atoms with Crippen molar-refractivity contribution in [2.24, 2.45) is 0 Å². The number of rotatable bonds is 5. The van der Waals surface area contributed by atoms with Crippen LogP contribution in [0.5, 0.6) is 0 Å². The van der Waals surface area contributed by atoms with Gasteiger partial charge >= 0.3 is 0 Å². The van der Waals surface area contributed by atoms with Crippen LogP contribution in [0.25, 0.3) is 0 Å². The first-order chi connectivity index (χ1) is 7.24. The van der Waals surface area contributed by atoms with Crippen LogP contribution >= 0.6 is 0 Å². The Morgan fingerprint density at radius 2 is 2.13 bits per heavy atom. The largest absolute Gasteiger partial charge is 0.359 e. The number of hydrogen-bond donors (Lipinski definition) is 2. The van der Waals surface area contributed by atoms with Crippen molar-refractivity contribution >= 4 is 5.91 Å². The van der Waals surface area contributed by atoms with Crippen molar-refractivity contribution in [2.75, 3.05) is 13.6 Å². The second-order valence-corrected chi connectivity index (χ2v) is 3.38. The van der Waals surface area contributed by atoms with E-state index < -0.39 is 0 Å². The SMILES string of the molecule is CNC(=O)CCN[C@@H](C)c1ccncc1. The van der Waals surface area contributed by atoms with Gasteiger partial charge in [0.05, 0.1) is 0 Å². The Balaban J connectivity index is 2.31. The first-order valence-corrected chi connectivity index (χ1v) is 5.08. The van der Waals surface area contributed by atoms with Crippen LogP contribution in [-0.4, -0.2) is 24.5 Å². The molecule has 1 aromatic heterocycles. The molecule has 82 valence electrons. The molecule has 0 bridgehead atoms. The van der Waals surface area contributed by atoms with E-state index in [-0.39, 0.29) is 11.9 Å². The second kappa shape index (κ2) is 6.14. The Morgan fingerprint density at radius 1 is 1.47 bits per heavy atom. The number of hydrogen-bond acceptors (Lipinski definition) is 3. The van der Waals surface area contributed by atoms with Gasteiger partial charge in [0.25, 0.3) is 0 Å². The van der Waals surface area contributed by atoms with Crippen LogP contribution < -0.4 is 10.6 Å². The van der Waals surface area contributed by atoms with Gasteiger partial charge in [-0.1, -0.05) is 0 Å². The molecule has 2 N–H and O–H groups in total. The van der Waals surface area contributed by atoms with Gasteiger partial charge in [0.15, 0.2) is 0 Å². The van der Waals surface area contributed by atoms with Crippen molar-refractivity contribution in [2.45, 2.75) is 19.4 Å². The van der Waals surface area contributed by atoms with E-state index in [2.05, 4.69) is 22.5 Å². The lowest BCUT2D eigenvalue weighted by atomic mass is 10.1. The number of carbonyl (C=O) groups is 1. The van der Waals surface area contributed by atoms with E-state index in [1.54, 1.807) is 19.4 Å². The third kappa shape index (κ3) is 4.08. The van der Waals surface area contributed by atoms with Gasteiger partial charge < -0.3 is 10.6 Å². The summed E-state index contributed by atoms with van der Waals surface area (Å²) >= 11 is 0. The summed E-state index contributed by atoms with van der Waals surface area (Å²) in [4.78, 5) is 14.9. The molecule has 0 unspecified atom stereocenters. The zero-order valence-corrected chi connectivity index (χ0v) is 9.16. The number of carbonyl (C=O) groups excluding carboxylic acids is 1. The van der Waals surface area contributed by atoms with Crippen LogP contribution in [0.15, 0.2) is 24.5 Å². The second-order valence-electron chi connectivity index (χ2n) is 3.38. The minimum Gasteiger partial charge on any atom is -0.359 e. The first kappa shape index (κ1) is 11.7. The fraction of sp³-hybridized carbons (Fsp3) is 0.455. The summed E-state index contributed by atoms with van der Waals surface area (Å²) in [5.74, 6) is 0.0597. The molecule has 0 aliphatic rings. The van der Waals surface area contributed by atoms with Crippen molar-refractivity contribution in [3.8, 4) is 0 Å². The fourth-order valence-corrected chi connectivity index (χ4v) is 1.30. The monoisotopic (exact) mass is 207 g/mol. The molecular weight excluding hydrogens is 190 g/mol. The van der Waals surface area contributed by atoms with Crippen LogP contribution in [0.4, 0.5) is 0 Å². The maximum absolute atomic E-state index is 11.0. The standard InChI is InChI=1S/C11H17N3O/c1-9(10-3-6-13-7-4-10)14-8-5-11(15)12-2/h3-4,6-7,9,14H,5,8H2,1-2H3,(H,12,15)/t9-/m0/s1. The molecule has 1 aromatic rings. The summed E-state index contributed by atoms with van der Waals surface area (Å²) in [6, 6.07) is 4.19. The molecule has 0 aliphatic carbocycles. The average Bonchev–Trinajstić information content (AvgIpc) is 2.29. The van der Waals surface area contributed by atoms with Crippen LogP contribution in [0.3, 0.4) is 0 Å². The zero-order chi connectivity index (χ0) is 11.1. The highest BCUT2D eigenvalue weighted by atomic mass is 16.1. The molecule has 15 heavy (non-hydrogen) atoms. The zero-order valence-electron chi connectivity index (χ0n) is 9.16. The van der Waals surface area contributed by atoms with E-state index in [4.69, 9.17) is 0 Å². The molecule has 0 radical (unpaired) electrons. The van der Waals surface area contributed by atoms with Gasteiger partial charge in [0.2, 0.25) is 5.91 Å². The maximum atomic E-state index is 11.0. The van der Waals surface area contributed by atoms with Gasteiger partial charge in [-0.3, -0.25) is 9.78 Å². The summed E-state index contributed by atoms with van der Waals surface area (Å²) in [6.07, 6.45) is 4.05. The number of amides is 1. The Morgan fingerprint density at radius 3 is 2.73 bits per heavy atom.